The molecule has 1 aromatic carbocycles. The Morgan fingerprint density at radius 1 is 1.26 bits per heavy atom. The largest absolute Gasteiger partial charge is 0.474 e. The zero-order valence-electron chi connectivity index (χ0n) is 20.5. The maximum Gasteiger partial charge on any atom is 0.280 e. The Labute approximate surface area is 222 Å². The van der Waals surface area contributed by atoms with Gasteiger partial charge in [0.05, 0.1) is 36.7 Å². The lowest BCUT2D eigenvalue weighted by atomic mass is 10.1. The van der Waals surface area contributed by atoms with Crippen molar-refractivity contribution in [3.63, 3.8) is 0 Å². The van der Waals surface area contributed by atoms with Gasteiger partial charge in [0, 0.05) is 25.7 Å². The smallest absolute Gasteiger partial charge is 0.280 e. The number of rotatable bonds is 13. The van der Waals surface area contributed by atoms with Gasteiger partial charge < -0.3 is 24.2 Å². The molecule has 1 fully saturated rings. The molecule has 15 heteroatoms. The topological polar surface area (TPSA) is 171 Å². The SMILES string of the molecule is COCCCS(=O)(=O)c1ccc(C(=NO[C@@H]2CCOC2)C(=O)Nc2nc3ncc(OCCO)nc3s2)cc1. The molecule has 0 bridgehead atoms. The number of hydrogen-bond donors (Lipinski definition) is 2. The summed E-state index contributed by atoms with van der Waals surface area (Å²) >= 11 is 1.08. The fraction of sp³-hybridized carbons (Fsp3) is 0.435. The first kappa shape index (κ1) is 27.8. The van der Waals surface area contributed by atoms with Crippen LogP contribution in [0.3, 0.4) is 0 Å². The maximum atomic E-state index is 13.2. The van der Waals surface area contributed by atoms with Crippen LogP contribution in [0.1, 0.15) is 18.4 Å². The number of amides is 1. The third-order valence-electron chi connectivity index (χ3n) is 5.31. The lowest BCUT2D eigenvalue weighted by Crippen LogP contribution is -2.25. The molecule has 0 aliphatic carbocycles. The molecule has 4 rings (SSSR count). The standard InChI is InChI=1S/C23H27N5O8S2/c1-33-9-2-12-38(31,32)17-5-3-15(4-6-17)19(28-36-16-7-10-34-14-16)21(30)27-23-26-20-22(37-23)25-18(13-24-20)35-11-8-29/h3-6,13,16,29H,2,7-12,14H2,1H3,(H,24,26,27,30)/t16-/m1/s1. The van der Waals surface area contributed by atoms with Crippen molar-refractivity contribution >= 4 is 48.4 Å². The number of fused-ring (bicyclic) bond motifs is 1. The van der Waals surface area contributed by atoms with Crippen molar-refractivity contribution in [2.45, 2.75) is 23.8 Å². The molecular formula is C23H27N5O8S2. The predicted molar refractivity (Wildman–Crippen MR) is 138 cm³/mol. The first-order valence-corrected chi connectivity index (χ1v) is 14.2. The molecule has 2 aromatic heterocycles. The molecule has 3 heterocycles. The number of nitrogens with one attached hydrogen (secondary N) is 1. The summed E-state index contributed by atoms with van der Waals surface area (Å²) < 4.78 is 40.7. The second-order valence-electron chi connectivity index (χ2n) is 8.10. The highest BCUT2D eigenvalue weighted by Crippen LogP contribution is 2.25. The summed E-state index contributed by atoms with van der Waals surface area (Å²) in [5.41, 5.74) is 0.601. The number of anilines is 1. The predicted octanol–water partition coefficient (Wildman–Crippen LogP) is 1.42. The second-order valence-corrected chi connectivity index (χ2v) is 11.2. The van der Waals surface area contributed by atoms with E-state index in [4.69, 9.17) is 24.2 Å². The highest BCUT2D eigenvalue weighted by atomic mass is 32.2. The number of methoxy groups -OCH3 is 1. The Hall–Kier alpha value is -3.24. The van der Waals surface area contributed by atoms with Gasteiger partial charge in [0.1, 0.15) is 6.61 Å². The van der Waals surface area contributed by atoms with Gasteiger partial charge >= 0.3 is 0 Å². The second kappa shape index (κ2) is 13.0. The minimum atomic E-state index is -3.51. The van der Waals surface area contributed by atoms with E-state index in [2.05, 4.69) is 25.4 Å². The molecule has 3 aromatic rings. The molecule has 0 unspecified atom stereocenters. The highest BCUT2D eigenvalue weighted by molar-refractivity contribution is 7.91. The van der Waals surface area contributed by atoms with Crippen LogP contribution in [-0.4, -0.2) is 92.1 Å². The fourth-order valence-corrected chi connectivity index (χ4v) is 5.48. The number of aliphatic hydroxyl groups is 1. The van der Waals surface area contributed by atoms with Crippen molar-refractivity contribution in [2.24, 2.45) is 5.16 Å². The number of nitrogens with zero attached hydrogens (tertiary/aromatic N) is 4. The monoisotopic (exact) mass is 565 g/mol. The number of sulfone groups is 1. The molecule has 0 spiro atoms. The van der Waals surface area contributed by atoms with Crippen molar-refractivity contribution < 1.29 is 37.4 Å². The van der Waals surface area contributed by atoms with Crippen LogP contribution in [0, 0.1) is 0 Å². The maximum absolute atomic E-state index is 13.2. The average molecular weight is 566 g/mol. The van der Waals surface area contributed by atoms with Gasteiger partial charge in [-0.05, 0) is 18.6 Å². The molecule has 38 heavy (non-hydrogen) atoms. The van der Waals surface area contributed by atoms with Gasteiger partial charge in [0.2, 0.25) is 5.88 Å². The van der Waals surface area contributed by atoms with E-state index < -0.39 is 15.7 Å². The van der Waals surface area contributed by atoms with Crippen LogP contribution in [0.15, 0.2) is 40.5 Å². The minimum absolute atomic E-state index is 0.0567. The number of carbonyl (C=O) groups excluding carboxylic acids is 1. The van der Waals surface area contributed by atoms with E-state index in [0.29, 0.717) is 48.7 Å². The zero-order chi connectivity index (χ0) is 27.0. The van der Waals surface area contributed by atoms with Crippen molar-refractivity contribution in [1.82, 2.24) is 15.0 Å². The molecule has 1 saturated heterocycles. The van der Waals surface area contributed by atoms with E-state index in [1.807, 2.05) is 0 Å². The minimum Gasteiger partial charge on any atom is -0.474 e. The molecule has 0 radical (unpaired) electrons. The molecule has 0 saturated carbocycles. The highest BCUT2D eigenvalue weighted by Gasteiger charge is 2.22. The molecule has 1 aliphatic heterocycles. The Bertz CT molecular complexity index is 1370. The van der Waals surface area contributed by atoms with Crippen molar-refractivity contribution in [2.75, 3.05) is 51.2 Å². The lowest BCUT2D eigenvalue weighted by Gasteiger charge is -2.10. The van der Waals surface area contributed by atoms with Crippen LogP contribution in [0.25, 0.3) is 10.5 Å². The van der Waals surface area contributed by atoms with Crippen molar-refractivity contribution in [3.8, 4) is 5.88 Å². The van der Waals surface area contributed by atoms with Gasteiger partial charge in [0.15, 0.2) is 37.3 Å². The van der Waals surface area contributed by atoms with Crippen LogP contribution in [0.5, 0.6) is 5.88 Å². The third-order valence-corrected chi connectivity index (χ3v) is 7.98. The quantitative estimate of drug-likeness (QED) is 0.174. The lowest BCUT2D eigenvalue weighted by molar-refractivity contribution is -0.110. The van der Waals surface area contributed by atoms with Gasteiger partial charge in [-0.2, -0.15) is 9.97 Å². The van der Waals surface area contributed by atoms with E-state index in [1.54, 1.807) is 0 Å². The molecule has 1 aliphatic rings. The van der Waals surface area contributed by atoms with Crippen LogP contribution >= 0.6 is 11.3 Å². The normalized spacial score (nSPS) is 16.1. The molecule has 1 amide bonds. The summed E-state index contributed by atoms with van der Waals surface area (Å²) in [5.74, 6) is -0.450. The Morgan fingerprint density at radius 2 is 2.08 bits per heavy atom. The average Bonchev–Trinajstić information content (AvgIpc) is 3.57. The van der Waals surface area contributed by atoms with Crippen LogP contribution in [0.2, 0.25) is 0 Å². The summed E-state index contributed by atoms with van der Waals surface area (Å²) in [7, 11) is -1.99. The summed E-state index contributed by atoms with van der Waals surface area (Å²) in [5, 5.41) is 15.9. The van der Waals surface area contributed by atoms with Gasteiger partial charge in [-0.25, -0.2) is 13.4 Å². The Balaban J connectivity index is 1.54. The van der Waals surface area contributed by atoms with E-state index in [1.165, 1.54) is 37.6 Å². The van der Waals surface area contributed by atoms with Crippen molar-refractivity contribution in [3.05, 3.63) is 36.0 Å². The number of benzene rings is 1. The van der Waals surface area contributed by atoms with Crippen LogP contribution < -0.4 is 10.1 Å². The van der Waals surface area contributed by atoms with Crippen molar-refractivity contribution in [1.29, 1.82) is 0 Å². The fourth-order valence-electron chi connectivity index (χ4n) is 3.42. The number of thiazole rings is 1. The third kappa shape index (κ3) is 7.20. The molecule has 13 nitrogen and oxygen atoms in total. The van der Waals surface area contributed by atoms with Gasteiger partial charge in [-0.1, -0.05) is 28.6 Å². The molecule has 204 valence electrons. The molecular weight excluding hydrogens is 538 g/mol. The van der Waals surface area contributed by atoms with Gasteiger partial charge in [-0.15, -0.1) is 0 Å². The number of aliphatic hydroxyl groups excluding tert-OH is 1. The first-order valence-electron chi connectivity index (χ1n) is 11.7. The summed E-state index contributed by atoms with van der Waals surface area (Å²) in [6.07, 6.45) is 2.07. The zero-order valence-corrected chi connectivity index (χ0v) is 22.2. The number of carbonyl (C=O) groups is 1. The van der Waals surface area contributed by atoms with Gasteiger partial charge in [0.25, 0.3) is 5.91 Å². The first-order chi connectivity index (χ1) is 18.4. The Morgan fingerprint density at radius 3 is 2.79 bits per heavy atom. The van der Waals surface area contributed by atoms with Crippen LogP contribution in [-0.2, 0) is 28.9 Å². The summed E-state index contributed by atoms with van der Waals surface area (Å²) in [4.78, 5) is 32.0. The van der Waals surface area contributed by atoms with E-state index in [-0.39, 0.29) is 46.7 Å². The van der Waals surface area contributed by atoms with E-state index in [9.17, 15) is 13.2 Å². The number of aromatic nitrogens is 3. The number of ether oxygens (including phenoxy) is 3. The Kier molecular flexibility index (Phi) is 9.52. The molecule has 1 atom stereocenters. The van der Waals surface area contributed by atoms with E-state index in [0.717, 1.165) is 11.3 Å². The van der Waals surface area contributed by atoms with E-state index >= 15 is 0 Å². The molecule has 2 N–H and O–H groups in total. The summed E-state index contributed by atoms with van der Waals surface area (Å²) in [6, 6.07) is 5.86. The number of oxime groups is 1. The summed E-state index contributed by atoms with van der Waals surface area (Å²) in [6.45, 7) is 1.13. The van der Waals surface area contributed by atoms with Crippen LogP contribution in [0.4, 0.5) is 5.13 Å². The number of hydrogen-bond acceptors (Lipinski definition) is 13. The van der Waals surface area contributed by atoms with Gasteiger partial charge in [-0.3, -0.25) is 10.1 Å².